The highest BCUT2D eigenvalue weighted by atomic mass is 19.4. The van der Waals surface area contributed by atoms with E-state index in [0.717, 1.165) is 58.9 Å². The highest BCUT2D eigenvalue weighted by Crippen LogP contribution is 2.36. The Hall–Kier alpha value is -3.54. The number of alkyl halides is 3. The molecule has 0 atom stereocenters. The van der Waals surface area contributed by atoms with Gasteiger partial charge in [-0.2, -0.15) is 18.3 Å². The van der Waals surface area contributed by atoms with Crippen molar-refractivity contribution in [3.05, 3.63) is 90.0 Å². The van der Waals surface area contributed by atoms with E-state index in [0.29, 0.717) is 5.69 Å². The van der Waals surface area contributed by atoms with E-state index in [4.69, 9.17) is 5.10 Å². The number of hydrogen-bond donors (Lipinski definition) is 1. The molecule has 1 N–H and O–H groups in total. The van der Waals surface area contributed by atoms with Gasteiger partial charge in [0.15, 0.2) is 0 Å². The van der Waals surface area contributed by atoms with E-state index in [1.54, 1.807) is 4.68 Å². The Morgan fingerprint density at radius 2 is 1.40 bits per heavy atom. The second-order valence-corrected chi connectivity index (χ2v) is 7.25. The fraction of sp³-hybridized carbons (Fsp3) is 0.125. The van der Waals surface area contributed by atoms with Crippen LogP contribution in [0.15, 0.2) is 78.9 Å². The smallest absolute Gasteiger partial charge is 0.369 e. The minimum absolute atomic E-state index is 0.598. The Balaban J connectivity index is 1.52. The molecule has 0 saturated heterocycles. The molecule has 30 heavy (non-hydrogen) atoms. The summed E-state index contributed by atoms with van der Waals surface area (Å²) in [5.41, 5.74) is 5.13. The van der Waals surface area contributed by atoms with Crippen molar-refractivity contribution in [2.45, 2.75) is 12.6 Å². The Labute approximate surface area is 171 Å². The number of nitrogens with zero attached hydrogens (tertiary/aromatic N) is 2. The second-order valence-electron chi connectivity index (χ2n) is 7.25. The first-order chi connectivity index (χ1) is 14.5. The summed E-state index contributed by atoms with van der Waals surface area (Å²) in [4.78, 5) is 0. The number of rotatable bonds is 3. The van der Waals surface area contributed by atoms with Crippen LogP contribution in [0.5, 0.6) is 0 Å². The van der Waals surface area contributed by atoms with Crippen LogP contribution in [0.2, 0.25) is 0 Å². The summed E-state index contributed by atoms with van der Waals surface area (Å²) in [5.74, 6) is 0.844. The van der Waals surface area contributed by atoms with E-state index in [2.05, 4.69) is 29.6 Å². The van der Waals surface area contributed by atoms with Crippen LogP contribution in [0, 0.1) is 0 Å². The van der Waals surface area contributed by atoms with Crippen LogP contribution >= 0.6 is 0 Å². The summed E-state index contributed by atoms with van der Waals surface area (Å²) in [7, 11) is 0. The van der Waals surface area contributed by atoms with Crippen molar-refractivity contribution in [3.8, 4) is 28.1 Å². The van der Waals surface area contributed by atoms with Gasteiger partial charge in [-0.1, -0.05) is 54.6 Å². The van der Waals surface area contributed by atoms with Gasteiger partial charge in [-0.05, 0) is 41.8 Å². The monoisotopic (exact) mass is 405 g/mol. The Kier molecular flexibility index (Phi) is 4.35. The lowest BCUT2D eigenvalue weighted by Crippen LogP contribution is -2.07. The number of fused-ring (bicyclic) bond motifs is 1. The van der Waals surface area contributed by atoms with Crippen molar-refractivity contribution >= 4 is 5.82 Å². The van der Waals surface area contributed by atoms with E-state index in [1.165, 1.54) is 12.1 Å². The quantitative estimate of drug-likeness (QED) is 0.440. The molecule has 0 fully saturated rings. The topological polar surface area (TPSA) is 29.9 Å². The van der Waals surface area contributed by atoms with E-state index < -0.39 is 11.7 Å². The lowest BCUT2D eigenvalue weighted by atomic mass is 10.0. The highest BCUT2D eigenvalue weighted by molar-refractivity contribution is 5.75. The van der Waals surface area contributed by atoms with Gasteiger partial charge < -0.3 is 5.32 Å². The fourth-order valence-corrected chi connectivity index (χ4v) is 3.84. The van der Waals surface area contributed by atoms with E-state index >= 15 is 0 Å². The molecule has 2 heterocycles. The molecule has 1 aromatic heterocycles. The molecular weight excluding hydrogens is 387 g/mol. The SMILES string of the molecule is FC(F)(F)c1ccc(-n2nc(-c3ccc(-c4ccccc4)cc3)c3c2NCC3)cc1. The molecule has 0 saturated carbocycles. The van der Waals surface area contributed by atoms with Gasteiger partial charge >= 0.3 is 6.18 Å². The molecule has 3 nitrogen and oxygen atoms in total. The maximum Gasteiger partial charge on any atom is 0.416 e. The number of benzene rings is 3. The van der Waals surface area contributed by atoms with Crippen LogP contribution in [0.25, 0.3) is 28.1 Å². The van der Waals surface area contributed by atoms with Gasteiger partial charge in [0.1, 0.15) is 5.82 Å². The molecule has 0 aliphatic carbocycles. The summed E-state index contributed by atoms with van der Waals surface area (Å²) in [6, 6.07) is 23.4. The van der Waals surface area contributed by atoms with Gasteiger partial charge in [0.2, 0.25) is 0 Å². The number of hydrogen-bond acceptors (Lipinski definition) is 2. The zero-order chi connectivity index (χ0) is 20.7. The first kappa shape index (κ1) is 18.5. The van der Waals surface area contributed by atoms with E-state index in [1.807, 2.05) is 30.3 Å². The molecule has 0 unspecified atom stereocenters. The minimum atomic E-state index is -4.35. The molecule has 6 heteroatoms. The lowest BCUT2D eigenvalue weighted by molar-refractivity contribution is -0.137. The molecule has 3 aromatic carbocycles. The van der Waals surface area contributed by atoms with Crippen LogP contribution in [0.3, 0.4) is 0 Å². The van der Waals surface area contributed by atoms with Crippen LogP contribution in [-0.2, 0) is 12.6 Å². The third-order valence-electron chi connectivity index (χ3n) is 5.36. The van der Waals surface area contributed by atoms with Crippen molar-refractivity contribution in [1.29, 1.82) is 0 Å². The van der Waals surface area contributed by atoms with Gasteiger partial charge in [0.25, 0.3) is 0 Å². The molecule has 4 aromatic rings. The second kappa shape index (κ2) is 7.06. The normalized spacial score (nSPS) is 13.2. The van der Waals surface area contributed by atoms with E-state index in [-0.39, 0.29) is 0 Å². The van der Waals surface area contributed by atoms with Gasteiger partial charge in [0.05, 0.1) is 16.9 Å². The molecule has 150 valence electrons. The number of aromatic nitrogens is 2. The van der Waals surface area contributed by atoms with E-state index in [9.17, 15) is 13.2 Å². The summed E-state index contributed by atoms with van der Waals surface area (Å²) in [6.45, 7) is 0.781. The largest absolute Gasteiger partial charge is 0.416 e. The van der Waals surface area contributed by atoms with Gasteiger partial charge in [0, 0.05) is 17.7 Å². The van der Waals surface area contributed by atoms with Gasteiger partial charge in [-0.15, -0.1) is 0 Å². The summed E-state index contributed by atoms with van der Waals surface area (Å²) in [5, 5.41) is 8.06. The van der Waals surface area contributed by atoms with Crippen LogP contribution < -0.4 is 5.32 Å². The van der Waals surface area contributed by atoms with Crippen LogP contribution in [-0.4, -0.2) is 16.3 Å². The van der Waals surface area contributed by atoms with Crippen LogP contribution in [0.1, 0.15) is 11.1 Å². The molecule has 5 rings (SSSR count). The van der Waals surface area contributed by atoms with Crippen LogP contribution in [0.4, 0.5) is 19.0 Å². The molecule has 1 aliphatic heterocycles. The Morgan fingerprint density at radius 1 is 0.767 bits per heavy atom. The molecule has 1 aliphatic rings. The average Bonchev–Trinajstić information content (AvgIpc) is 3.37. The summed E-state index contributed by atoms with van der Waals surface area (Å²) in [6.07, 6.45) is -3.53. The zero-order valence-corrected chi connectivity index (χ0v) is 15.9. The predicted octanol–water partition coefficient (Wildman–Crippen LogP) is 6.19. The number of halogens is 3. The molecular formula is C24H18F3N3. The first-order valence-electron chi connectivity index (χ1n) is 9.70. The van der Waals surface area contributed by atoms with Crippen molar-refractivity contribution in [2.24, 2.45) is 0 Å². The van der Waals surface area contributed by atoms with Gasteiger partial charge in [-0.3, -0.25) is 0 Å². The average molecular weight is 405 g/mol. The Morgan fingerprint density at radius 3 is 2.07 bits per heavy atom. The molecule has 0 amide bonds. The van der Waals surface area contributed by atoms with Crippen molar-refractivity contribution < 1.29 is 13.2 Å². The molecule has 0 radical (unpaired) electrons. The van der Waals surface area contributed by atoms with Crippen molar-refractivity contribution in [2.75, 3.05) is 11.9 Å². The van der Waals surface area contributed by atoms with Crippen molar-refractivity contribution in [3.63, 3.8) is 0 Å². The molecule has 0 spiro atoms. The standard InChI is InChI=1S/C24H18F3N3/c25-24(26,27)19-10-12-20(13-11-19)30-23-21(14-15-28-23)22(29-30)18-8-6-17(7-9-18)16-4-2-1-3-5-16/h1-13,28H,14-15H2. The van der Waals surface area contributed by atoms with Gasteiger partial charge in [-0.25, -0.2) is 4.68 Å². The number of nitrogens with one attached hydrogen (secondary N) is 1. The number of anilines is 1. The predicted molar refractivity (Wildman–Crippen MR) is 112 cm³/mol. The zero-order valence-electron chi connectivity index (χ0n) is 15.9. The first-order valence-corrected chi connectivity index (χ1v) is 9.70. The minimum Gasteiger partial charge on any atom is -0.369 e. The Bertz CT molecular complexity index is 1180. The summed E-state index contributed by atoms with van der Waals surface area (Å²) >= 11 is 0. The third kappa shape index (κ3) is 3.24. The third-order valence-corrected chi connectivity index (χ3v) is 5.36. The van der Waals surface area contributed by atoms with Crippen molar-refractivity contribution in [1.82, 2.24) is 9.78 Å². The lowest BCUT2D eigenvalue weighted by Gasteiger charge is -2.09. The highest BCUT2D eigenvalue weighted by Gasteiger charge is 2.30. The summed E-state index contributed by atoms with van der Waals surface area (Å²) < 4.78 is 40.4. The molecule has 0 bridgehead atoms. The maximum absolute atomic E-state index is 12.9. The fourth-order valence-electron chi connectivity index (χ4n) is 3.84. The maximum atomic E-state index is 12.9.